The van der Waals surface area contributed by atoms with E-state index in [0.29, 0.717) is 5.69 Å². The summed E-state index contributed by atoms with van der Waals surface area (Å²) in [6.45, 7) is 0. The first-order valence-electron chi connectivity index (χ1n) is 4.71. The molecule has 1 aliphatic heterocycles. The van der Waals surface area contributed by atoms with Crippen LogP contribution in [0.15, 0.2) is 54.1 Å². The zero-order chi connectivity index (χ0) is 13.8. The van der Waals surface area contributed by atoms with Crippen LogP contribution in [0.25, 0.3) is 0 Å². The van der Waals surface area contributed by atoms with Crippen molar-refractivity contribution in [3.8, 4) is 0 Å². The third-order valence-corrected chi connectivity index (χ3v) is 4.72. The van der Waals surface area contributed by atoms with Gasteiger partial charge < -0.3 is 10.1 Å². The van der Waals surface area contributed by atoms with Gasteiger partial charge in [0.25, 0.3) is 0 Å². The van der Waals surface area contributed by atoms with E-state index in [1.54, 1.807) is 24.3 Å². The number of halogens is 2. The lowest BCUT2D eigenvalue weighted by molar-refractivity contribution is -0.426. The van der Waals surface area contributed by atoms with Crippen molar-refractivity contribution in [2.24, 2.45) is 14.6 Å². The molecule has 0 bridgehead atoms. The second kappa shape index (κ2) is 6.51. The molecule has 0 atom stereocenters. The number of benzene rings is 1. The summed E-state index contributed by atoms with van der Waals surface area (Å²) in [6, 6.07) is 6.90. The van der Waals surface area contributed by atoms with Gasteiger partial charge in [-0.1, -0.05) is 27.5 Å². The molecule has 6 nitrogen and oxygen atoms in total. The van der Waals surface area contributed by atoms with E-state index in [4.69, 9.17) is 11.6 Å². The van der Waals surface area contributed by atoms with E-state index in [1.807, 2.05) is 0 Å². The summed E-state index contributed by atoms with van der Waals surface area (Å²) in [5.74, 6) is -0.410. The van der Waals surface area contributed by atoms with Crippen molar-refractivity contribution in [2.45, 2.75) is 0 Å². The molecule has 1 aromatic carbocycles. The maximum Gasteiger partial charge on any atom is 0.408 e. The van der Waals surface area contributed by atoms with Crippen LogP contribution in [0.2, 0.25) is 0 Å². The highest BCUT2D eigenvalue weighted by Gasteiger charge is 2.27. The normalized spacial score (nSPS) is 17.7. The second-order valence-electron chi connectivity index (χ2n) is 3.13. The van der Waals surface area contributed by atoms with E-state index in [9.17, 15) is 10.1 Å². The lowest BCUT2D eigenvalue weighted by atomic mass is 10.3. The number of rotatable bonds is 3. The summed E-state index contributed by atoms with van der Waals surface area (Å²) in [7, 11) is 2.14. The fourth-order valence-corrected chi connectivity index (χ4v) is 3.55. The summed E-state index contributed by atoms with van der Waals surface area (Å²) >= 11 is 9.04. The van der Waals surface area contributed by atoms with E-state index in [2.05, 4.69) is 30.6 Å². The molecule has 2 rings (SSSR count). The second-order valence-corrected chi connectivity index (χ2v) is 6.25. The minimum absolute atomic E-state index is 0.0662. The minimum Gasteiger partial charge on any atom is -0.358 e. The third-order valence-electron chi connectivity index (χ3n) is 1.89. The Morgan fingerprint density at radius 1 is 1.42 bits per heavy atom. The van der Waals surface area contributed by atoms with E-state index in [1.165, 1.54) is 0 Å². The molecule has 1 heterocycles. The van der Waals surface area contributed by atoms with Crippen LogP contribution < -0.4 is 0 Å². The molecule has 0 saturated carbocycles. The maximum absolute atomic E-state index is 11.0. The SMILES string of the molecule is O=[N+]([O-])/C(N=Nc1ccc(Br)cc1)=C1\SSN=C1Cl. The van der Waals surface area contributed by atoms with Crippen molar-refractivity contribution >= 4 is 60.2 Å². The Hall–Kier alpha value is -0.900. The van der Waals surface area contributed by atoms with Crippen LogP contribution in [0, 0.1) is 10.1 Å². The van der Waals surface area contributed by atoms with Crippen LogP contribution in [0.3, 0.4) is 0 Å². The molecule has 10 heteroatoms. The Bertz CT molecular complexity index is 603. The fourth-order valence-electron chi connectivity index (χ4n) is 1.07. The average Bonchev–Trinajstić information content (AvgIpc) is 2.78. The summed E-state index contributed by atoms with van der Waals surface area (Å²) in [4.78, 5) is 10.5. The van der Waals surface area contributed by atoms with Crippen molar-refractivity contribution in [3.63, 3.8) is 0 Å². The van der Waals surface area contributed by atoms with Gasteiger partial charge in [0, 0.05) is 4.47 Å². The zero-order valence-corrected chi connectivity index (χ0v) is 13.0. The van der Waals surface area contributed by atoms with Crippen LogP contribution in [-0.2, 0) is 0 Å². The highest BCUT2D eigenvalue weighted by molar-refractivity contribution is 9.10. The van der Waals surface area contributed by atoms with E-state index in [0.717, 1.165) is 26.2 Å². The first kappa shape index (κ1) is 14.5. The molecule has 0 N–H and O–H groups in total. The quantitative estimate of drug-likeness (QED) is 0.245. The lowest BCUT2D eigenvalue weighted by Gasteiger charge is -1.95. The molecular formula is C9H4BrClN4O2S2. The molecule has 0 fully saturated rings. The summed E-state index contributed by atoms with van der Waals surface area (Å²) in [6.07, 6.45) is 0. The third kappa shape index (κ3) is 3.78. The number of allylic oxidation sites excluding steroid dienone is 1. The van der Waals surface area contributed by atoms with Crippen LogP contribution in [-0.4, -0.2) is 10.1 Å². The molecule has 19 heavy (non-hydrogen) atoms. The first-order chi connectivity index (χ1) is 9.08. The zero-order valence-electron chi connectivity index (χ0n) is 8.99. The van der Waals surface area contributed by atoms with Crippen molar-refractivity contribution < 1.29 is 4.92 Å². The average molecular weight is 380 g/mol. The molecule has 0 radical (unpaired) electrons. The molecule has 1 aromatic rings. The summed E-state index contributed by atoms with van der Waals surface area (Å²) in [5, 5.41) is 18.5. The van der Waals surface area contributed by atoms with E-state index >= 15 is 0 Å². The van der Waals surface area contributed by atoms with Crippen molar-refractivity contribution in [1.29, 1.82) is 0 Å². The number of azo groups is 1. The number of hydrogen-bond acceptors (Lipinski definition) is 7. The molecule has 0 aromatic heterocycles. The van der Waals surface area contributed by atoms with Gasteiger partial charge in [0.2, 0.25) is 0 Å². The van der Waals surface area contributed by atoms with Crippen LogP contribution >= 0.6 is 49.3 Å². The lowest BCUT2D eigenvalue weighted by Crippen LogP contribution is -2.01. The van der Waals surface area contributed by atoms with Gasteiger partial charge in [-0.2, -0.15) is 4.40 Å². The van der Waals surface area contributed by atoms with Gasteiger partial charge in [-0.3, -0.25) is 0 Å². The van der Waals surface area contributed by atoms with Gasteiger partial charge in [0.05, 0.1) is 16.1 Å². The minimum atomic E-state index is -0.630. The highest BCUT2D eigenvalue weighted by Crippen LogP contribution is 2.42. The van der Waals surface area contributed by atoms with Crippen molar-refractivity contribution in [2.75, 3.05) is 0 Å². The van der Waals surface area contributed by atoms with Crippen molar-refractivity contribution in [3.05, 3.63) is 49.6 Å². The fraction of sp³-hybridized carbons (Fsp3) is 0. The largest absolute Gasteiger partial charge is 0.408 e. The molecular weight excluding hydrogens is 376 g/mol. The van der Waals surface area contributed by atoms with Gasteiger partial charge in [-0.05, 0) is 45.1 Å². The highest BCUT2D eigenvalue weighted by atomic mass is 79.9. The molecule has 0 unspecified atom stereocenters. The maximum atomic E-state index is 11.0. The Kier molecular flexibility index (Phi) is 4.97. The first-order valence-corrected chi connectivity index (χ1v) is 7.99. The molecule has 0 saturated heterocycles. The smallest absolute Gasteiger partial charge is 0.358 e. The van der Waals surface area contributed by atoms with Crippen LogP contribution in [0.5, 0.6) is 0 Å². The summed E-state index contributed by atoms with van der Waals surface area (Å²) in [5.41, 5.74) is 0.506. The Morgan fingerprint density at radius 2 is 2.11 bits per heavy atom. The van der Waals surface area contributed by atoms with Gasteiger partial charge in [-0.15, -0.1) is 0 Å². The molecule has 0 aliphatic carbocycles. The van der Waals surface area contributed by atoms with Crippen LogP contribution in [0.4, 0.5) is 5.69 Å². The van der Waals surface area contributed by atoms with E-state index in [-0.39, 0.29) is 10.1 Å². The molecule has 0 spiro atoms. The van der Waals surface area contributed by atoms with Crippen molar-refractivity contribution in [1.82, 2.24) is 0 Å². The van der Waals surface area contributed by atoms with Gasteiger partial charge in [0.15, 0.2) is 10.1 Å². The topological polar surface area (TPSA) is 80.2 Å². The standard InChI is InChI=1S/C9H4BrClN4O2S2/c10-5-1-3-6(4-2-5)12-13-9(15(16)17)7-8(11)14-19-18-7/h1-4H/b9-7-,13-12?. The monoisotopic (exact) mass is 378 g/mol. The molecule has 0 amide bonds. The van der Waals surface area contributed by atoms with Gasteiger partial charge >= 0.3 is 5.82 Å². The predicted octanol–water partition coefficient (Wildman–Crippen LogP) is 4.93. The van der Waals surface area contributed by atoms with Crippen LogP contribution in [0.1, 0.15) is 0 Å². The van der Waals surface area contributed by atoms with Gasteiger partial charge in [-0.25, -0.2) is 0 Å². The number of hydrogen-bond donors (Lipinski definition) is 0. The van der Waals surface area contributed by atoms with E-state index < -0.39 is 10.7 Å². The Balaban J connectivity index is 2.30. The number of nitro groups is 1. The Morgan fingerprint density at radius 3 is 2.63 bits per heavy atom. The number of nitrogens with zero attached hydrogens (tertiary/aromatic N) is 4. The molecule has 98 valence electrons. The molecule has 1 aliphatic rings. The van der Waals surface area contributed by atoms with Gasteiger partial charge in [0.1, 0.15) is 5.69 Å². The Labute approximate surface area is 129 Å². The predicted molar refractivity (Wildman–Crippen MR) is 81.1 cm³/mol. The summed E-state index contributed by atoms with van der Waals surface area (Å²) < 4.78 is 4.67.